The lowest BCUT2D eigenvalue weighted by Crippen LogP contribution is -2.10. The maximum atomic E-state index is 4.95. The van der Waals surface area contributed by atoms with Crippen LogP contribution in [0, 0.1) is 0 Å². The van der Waals surface area contributed by atoms with Crippen LogP contribution in [0.25, 0.3) is 0 Å². The van der Waals surface area contributed by atoms with Crippen molar-refractivity contribution in [3.05, 3.63) is 54.1 Å². The molecule has 3 aromatic heterocycles. The largest absolute Gasteiger partial charge is 0.364 e. The van der Waals surface area contributed by atoms with Gasteiger partial charge in [0.2, 0.25) is 0 Å². The van der Waals surface area contributed by atoms with Crippen molar-refractivity contribution in [1.29, 1.82) is 0 Å². The first-order valence-electron chi connectivity index (χ1n) is 12.0. The van der Waals surface area contributed by atoms with Gasteiger partial charge in [0.05, 0.1) is 18.1 Å². The molecule has 3 rings (SSSR count). The second-order valence-corrected chi connectivity index (χ2v) is 9.42. The lowest BCUT2D eigenvalue weighted by molar-refractivity contribution is 0.329. The highest BCUT2D eigenvalue weighted by molar-refractivity contribution is 5.12. The summed E-state index contributed by atoms with van der Waals surface area (Å²) < 4.78 is 14.3. The van der Waals surface area contributed by atoms with E-state index in [2.05, 4.69) is 77.8 Å². The van der Waals surface area contributed by atoms with Crippen molar-refractivity contribution in [1.82, 2.24) is 15.5 Å². The Labute approximate surface area is 218 Å². The average Bonchev–Trinajstić information content (AvgIpc) is 3.55. The van der Waals surface area contributed by atoms with Gasteiger partial charge in [-0.05, 0) is 5.41 Å². The van der Waals surface area contributed by atoms with Crippen LogP contribution in [0.5, 0.6) is 0 Å². The average molecular weight is 498 g/mol. The Hall–Kier alpha value is -2.37. The molecule has 0 aromatic carbocycles. The molecule has 0 radical (unpaired) electrons. The van der Waals surface area contributed by atoms with E-state index in [-0.39, 0.29) is 31.1 Å². The summed E-state index contributed by atoms with van der Waals surface area (Å²) in [6.07, 6.45) is 6.70. The molecule has 0 atom stereocenters. The summed E-state index contributed by atoms with van der Waals surface area (Å²) in [5.74, 6) is 0.933. The molecular weight excluding hydrogens is 438 g/mol. The van der Waals surface area contributed by atoms with Crippen LogP contribution in [0.15, 0.2) is 50.6 Å². The molecule has 0 unspecified atom stereocenters. The summed E-state index contributed by atoms with van der Waals surface area (Å²) in [5, 5.41) is 11.0. The normalized spacial score (nSPS) is 9.69. The van der Waals surface area contributed by atoms with Crippen LogP contribution < -0.4 is 0 Å². The van der Waals surface area contributed by atoms with E-state index in [4.69, 9.17) is 13.6 Å². The van der Waals surface area contributed by atoms with Crippen LogP contribution in [0.4, 0.5) is 0 Å². The highest BCUT2D eigenvalue weighted by atomic mass is 16.5. The zero-order valence-corrected chi connectivity index (χ0v) is 24.0. The van der Waals surface area contributed by atoms with Gasteiger partial charge >= 0.3 is 0 Å². The summed E-state index contributed by atoms with van der Waals surface area (Å²) in [4.78, 5) is 0. The van der Waals surface area contributed by atoms with Gasteiger partial charge in [-0.25, -0.2) is 0 Å². The lowest BCUT2D eigenvalue weighted by Gasteiger charge is -2.13. The fourth-order valence-electron chi connectivity index (χ4n) is 1.78. The maximum absolute atomic E-state index is 4.95. The van der Waals surface area contributed by atoms with Crippen molar-refractivity contribution < 1.29 is 13.6 Å². The van der Waals surface area contributed by atoms with E-state index in [0.29, 0.717) is 0 Å². The van der Waals surface area contributed by atoms with Crippen LogP contribution in [-0.4, -0.2) is 15.5 Å². The summed E-state index contributed by atoms with van der Waals surface area (Å²) >= 11 is 0. The number of aromatic nitrogens is 3. The smallest absolute Gasteiger partial charge is 0.142 e. The Morgan fingerprint density at radius 1 is 0.629 bits per heavy atom. The first-order valence-corrected chi connectivity index (χ1v) is 12.0. The molecule has 0 aliphatic heterocycles. The van der Waals surface area contributed by atoms with Gasteiger partial charge in [-0.1, -0.05) is 134 Å². The Balaban J connectivity index is -0.000000113. The molecule has 0 aliphatic rings. The maximum Gasteiger partial charge on any atom is 0.142 e. The molecule has 0 fully saturated rings. The second kappa shape index (κ2) is 22.1. The molecule has 6 heteroatoms. The van der Waals surface area contributed by atoms with E-state index in [1.54, 1.807) is 24.9 Å². The van der Waals surface area contributed by atoms with Crippen molar-refractivity contribution in [3.63, 3.8) is 0 Å². The standard InChI is InChI=1S/3C7H11NO.3C2H6.2CH4/c1-7(2,3)6-4-8-9-5-6;1-7(2,3)6-4-5-9-8-6;1-7(2,3)6-4-5-8-9-6;3*1-2;;/h3*4-5H,1-3H3;3*1-2H3;2*1H4. The van der Waals surface area contributed by atoms with Gasteiger partial charge in [0, 0.05) is 28.5 Å². The first kappa shape index (κ1) is 42.8. The van der Waals surface area contributed by atoms with Crippen LogP contribution in [0.1, 0.15) is 136 Å². The number of nitrogens with zero attached hydrogens (tertiary/aromatic N) is 3. The minimum absolute atomic E-state index is 0. The van der Waals surface area contributed by atoms with Gasteiger partial charge < -0.3 is 13.6 Å². The SMILES string of the molecule is C.C.CC.CC.CC.CC(C)(C)c1ccno1.CC(C)(C)c1ccon1.CC(C)(C)c1cnoc1. The molecule has 0 saturated heterocycles. The van der Waals surface area contributed by atoms with Crippen molar-refractivity contribution in [2.24, 2.45) is 0 Å². The van der Waals surface area contributed by atoms with Crippen molar-refractivity contribution >= 4 is 0 Å². The van der Waals surface area contributed by atoms with Crippen molar-refractivity contribution in [3.8, 4) is 0 Å². The second-order valence-electron chi connectivity index (χ2n) is 9.42. The molecule has 0 saturated carbocycles. The Morgan fingerprint density at radius 3 is 1.31 bits per heavy atom. The Bertz CT molecular complexity index is 622. The summed E-state index contributed by atoms with van der Waals surface area (Å²) in [7, 11) is 0. The Morgan fingerprint density at radius 2 is 1.14 bits per heavy atom. The molecule has 6 nitrogen and oxygen atoms in total. The molecule has 0 bridgehead atoms. The van der Waals surface area contributed by atoms with E-state index >= 15 is 0 Å². The monoisotopic (exact) mass is 497 g/mol. The summed E-state index contributed by atoms with van der Waals surface area (Å²) in [6, 6.07) is 3.78. The Kier molecular flexibility index (Phi) is 27.0. The summed E-state index contributed by atoms with van der Waals surface area (Å²) in [5.41, 5.74) is 2.52. The predicted octanol–water partition coefficient (Wildman–Crippen LogP) is 10.3. The van der Waals surface area contributed by atoms with Gasteiger partial charge in [-0.3, -0.25) is 0 Å². The third kappa shape index (κ3) is 20.7. The number of hydrogen-bond donors (Lipinski definition) is 0. The van der Waals surface area contributed by atoms with Crippen LogP contribution in [-0.2, 0) is 16.2 Å². The predicted molar refractivity (Wildman–Crippen MR) is 153 cm³/mol. The highest BCUT2D eigenvalue weighted by Crippen LogP contribution is 2.21. The van der Waals surface area contributed by atoms with Gasteiger partial charge in [-0.2, -0.15) is 0 Å². The van der Waals surface area contributed by atoms with Crippen molar-refractivity contribution in [2.45, 2.75) is 135 Å². The fourth-order valence-corrected chi connectivity index (χ4v) is 1.78. The van der Waals surface area contributed by atoms with E-state index in [1.165, 1.54) is 0 Å². The first-order chi connectivity index (χ1) is 15.3. The fraction of sp³-hybridized carbons (Fsp3) is 0.690. The molecule has 0 aliphatic carbocycles. The van der Waals surface area contributed by atoms with Crippen LogP contribution >= 0.6 is 0 Å². The van der Waals surface area contributed by atoms with E-state index < -0.39 is 0 Å². The van der Waals surface area contributed by atoms with Crippen LogP contribution in [0.2, 0.25) is 0 Å². The molecule has 35 heavy (non-hydrogen) atoms. The highest BCUT2D eigenvalue weighted by Gasteiger charge is 2.17. The molecule has 0 N–H and O–H groups in total. The van der Waals surface area contributed by atoms with E-state index in [9.17, 15) is 0 Å². The molecule has 0 spiro atoms. The number of hydrogen-bond acceptors (Lipinski definition) is 6. The quantitative estimate of drug-likeness (QED) is 0.307. The van der Waals surface area contributed by atoms with Gasteiger partial charge in [0.15, 0.2) is 0 Å². The molecule has 0 amide bonds. The van der Waals surface area contributed by atoms with E-state index in [1.807, 2.05) is 53.7 Å². The molecule has 3 heterocycles. The lowest BCUT2D eigenvalue weighted by atomic mass is 9.90. The van der Waals surface area contributed by atoms with Gasteiger partial charge in [0.25, 0.3) is 0 Å². The zero-order chi connectivity index (χ0) is 26.7. The minimum atomic E-state index is 0. The van der Waals surface area contributed by atoms with E-state index in [0.717, 1.165) is 17.0 Å². The van der Waals surface area contributed by atoms with Crippen molar-refractivity contribution in [2.75, 3.05) is 0 Å². The minimum Gasteiger partial charge on any atom is -0.364 e. The topological polar surface area (TPSA) is 78.1 Å². The zero-order valence-electron chi connectivity index (χ0n) is 24.0. The third-order valence-electron chi connectivity index (χ3n) is 3.68. The van der Waals surface area contributed by atoms with Gasteiger partial charge in [-0.15, -0.1) is 0 Å². The van der Waals surface area contributed by atoms with Crippen LogP contribution in [0.3, 0.4) is 0 Å². The molecule has 208 valence electrons. The molecular formula is C29H59N3O3. The van der Waals surface area contributed by atoms with Gasteiger partial charge in [0.1, 0.15) is 18.3 Å². The third-order valence-corrected chi connectivity index (χ3v) is 3.68. The summed E-state index contributed by atoms with van der Waals surface area (Å²) in [6.45, 7) is 31.0. The molecule has 3 aromatic rings. The number of rotatable bonds is 0.